The predicted molar refractivity (Wildman–Crippen MR) is 94.7 cm³/mol. The quantitative estimate of drug-likeness (QED) is 0.886. The molecule has 3 rings (SSSR count). The summed E-state index contributed by atoms with van der Waals surface area (Å²) in [6, 6.07) is 10.3. The smallest absolute Gasteiger partial charge is 0.315 e. The number of nitrogens with zero attached hydrogens (tertiary/aromatic N) is 1. The first-order chi connectivity index (χ1) is 11.2. The number of carbonyl (C=O) groups is 1. The van der Waals surface area contributed by atoms with Gasteiger partial charge in [-0.25, -0.2) is 4.79 Å². The Morgan fingerprint density at radius 3 is 3.09 bits per heavy atom. The van der Waals surface area contributed by atoms with E-state index in [-0.39, 0.29) is 6.03 Å². The van der Waals surface area contributed by atoms with Gasteiger partial charge in [0, 0.05) is 37.6 Å². The summed E-state index contributed by atoms with van der Waals surface area (Å²) in [6.45, 7) is 6.29. The largest absolute Gasteiger partial charge is 0.337 e. The highest BCUT2D eigenvalue weighted by molar-refractivity contribution is 7.10. The summed E-state index contributed by atoms with van der Waals surface area (Å²) < 4.78 is 0. The lowest BCUT2D eigenvalue weighted by Gasteiger charge is -2.26. The van der Waals surface area contributed by atoms with Crippen LogP contribution in [0.5, 0.6) is 0 Å². The Labute approximate surface area is 141 Å². The Morgan fingerprint density at radius 2 is 2.22 bits per heavy atom. The van der Waals surface area contributed by atoms with E-state index in [1.807, 2.05) is 23.5 Å². The molecule has 0 radical (unpaired) electrons. The van der Waals surface area contributed by atoms with Crippen molar-refractivity contribution in [2.75, 3.05) is 19.6 Å². The highest BCUT2D eigenvalue weighted by Crippen LogP contribution is 2.23. The standard InChI is InChI=1S/C18H23N3OS/c1-14-3-2-4-15(11-14)12-20-18(22)19-7-9-21-8-5-17-16(13-21)6-10-23-17/h2-4,6,10-11H,5,7-9,12-13H2,1H3,(H2,19,20,22). The van der Waals surface area contributed by atoms with Gasteiger partial charge in [-0.1, -0.05) is 29.8 Å². The molecule has 0 spiro atoms. The lowest BCUT2D eigenvalue weighted by atomic mass is 10.1. The van der Waals surface area contributed by atoms with E-state index in [4.69, 9.17) is 0 Å². The van der Waals surface area contributed by atoms with E-state index < -0.39 is 0 Å². The molecule has 4 nitrogen and oxygen atoms in total. The fraction of sp³-hybridized carbons (Fsp3) is 0.389. The van der Waals surface area contributed by atoms with E-state index in [0.717, 1.165) is 31.6 Å². The maximum Gasteiger partial charge on any atom is 0.315 e. The molecule has 5 heteroatoms. The van der Waals surface area contributed by atoms with Crippen LogP contribution >= 0.6 is 11.3 Å². The van der Waals surface area contributed by atoms with Gasteiger partial charge in [-0.3, -0.25) is 4.90 Å². The van der Waals surface area contributed by atoms with Crippen LogP contribution in [0.2, 0.25) is 0 Å². The molecule has 0 bridgehead atoms. The first kappa shape index (κ1) is 16.0. The molecule has 2 heterocycles. The molecule has 0 aliphatic carbocycles. The molecule has 1 aliphatic heterocycles. The molecule has 0 atom stereocenters. The van der Waals surface area contributed by atoms with Gasteiger partial charge in [-0.15, -0.1) is 11.3 Å². The first-order valence-electron chi connectivity index (χ1n) is 8.05. The number of hydrogen-bond donors (Lipinski definition) is 2. The monoisotopic (exact) mass is 329 g/mol. The van der Waals surface area contributed by atoms with Crippen LogP contribution in [0.3, 0.4) is 0 Å². The zero-order chi connectivity index (χ0) is 16.1. The first-order valence-corrected chi connectivity index (χ1v) is 8.93. The third-order valence-corrected chi connectivity index (χ3v) is 5.16. The summed E-state index contributed by atoms with van der Waals surface area (Å²) in [4.78, 5) is 15.8. The van der Waals surface area contributed by atoms with Crippen molar-refractivity contribution in [3.63, 3.8) is 0 Å². The van der Waals surface area contributed by atoms with Crippen molar-refractivity contribution in [1.29, 1.82) is 0 Å². The molecule has 0 saturated carbocycles. The van der Waals surface area contributed by atoms with Crippen molar-refractivity contribution >= 4 is 17.4 Å². The number of rotatable bonds is 5. The van der Waals surface area contributed by atoms with E-state index in [1.165, 1.54) is 16.0 Å². The average Bonchev–Trinajstić information content (AvgIpc) is 3.01. The minimum atomic E-state index is -0.0975. The van der Waals surface area contributed by atoms with Crippen LogP contribution in [0.4, 0.5) is 4.79 Å². The van der Waals surface area contributed by atoms with Crippen molar-refractivity contribution < 1.29 is 4.79 Å². The molecule has 122 valence electrons. The fourth-order valence-corrected chi connectivity index (χ4v) is 3.78. The second-order valence-electron chi connectivity index (χ2n) is 5.99. The lowest BCUT2D eigenvalue weighted by Crippen LogP contribution is -2.41. The van der Waals surface area contributed by atoms with Gasteiger partial charge in [0.15, 0.2) is 0 Å². The number of aryl methyl sites for hydroxylation is 1. The van der Waals surface area contributed by atoms with Gasteiger partial charge in [0.25, 0.3) is 0 Å². The van der Waals surface area contributed by atoms with Gasteiger partial charge in [0.1, 0.15) is 0 Å². The van der Waals surface area contributed by atoms with Crippen molar-refractivity contribution in [2.24, 2.45) is 0 Å². The molecule has 2 N–H and O–H groups in total. The van der Waals surface area contributed by atoms with Gasteiger partial charge < -0.3 is 10.6 Å². The summed E-state index contributed by atoms with van der Waals surface area (Å²) >= 11 is 1.86. The molecular weight excluding hydrogens is 306 g/mol. The molecule has 0 unspecified atom stereocenters. The minimum absolute atomic E-state index is 0.0975. The second-order valence-corrected chi connectivity index (χ2v) is 6.99. The Hall–Kier alpha value is -1.85. The Bertz CT molecular complexity index is 668. The number of nitrogens with one attached hydrogen (secondary N) is 2. The lowest BCUT2D eigenvalue weighted by molar-refractivity contribution is 0.231. The maximum atomic E-state index is 11.9. The molecule has 1 aromatic heterocycles. The van der Waals surface area contributed by atoms with Crippen LogP contribution in [-0.2, 0) is 19.5 Å². The number of fused-ring (bicyclic) bond motifs is 1. The second kappa shape index (κ2) is 7.62. The average molecular weight is 329 g/mol. The summed E-state index contributed by atoms with van der Waals surface area (Å²) in [5, 5.41) is 8.02. The van der Waals surface area contributed by atoms with E-state index in [2.05, 4.69) is 46.0 Å². The number of thiophene rings is 1. The summed E-state index contributed by atoms with van der Waals surface area (Å²) in [6.07, 6.45) is 1.13. The van der Waals surface area contributed by atoms with Crippen molar-refractivity contribution in [3.05, 3.63) is 57.3 Å². The van der Waals surface area contributed by atoms with Gasteiger partial charge >= 0.3 is 6.03 Å². The predicted octanol–water partition coefficient (Wildman–Crippen LogP) is 2.91. The van der Waals surface area contributed by atoms with Crippen LogP contribution < -0.4 is 10.6 Å². The summed E-state index contributed by atoms with van der Waals surface area (Å²) in [5.41, 5.74) is 3.79. The Balaban J connectivity index is 1.35. The molecule has 23 heavy (non-hydrogen) atoms. The third-order valence-electron chi connectivity index (χ3n) is 4.14. The Kier molecular flexibility index (Phi) is 5.31. The summed E-state index contributed by atoms with van der Waals surface area (Å²) in [5.74, 6) is 0. The van der Waals surface area contributed by atoms with Crippen LogP contribution in [0.25, 0.3) is 0 Å². The number of benzene rings is 1. The van der Waals surface area contributed by atoms with Crippen LogP contribution in [0, 0.1) is 6.92 Å². The third kappa shape index (κ3) is 4.56. The molecular formula is C18H23N3OS. The normalized spacial score (nSPS) is 14.3. The number of urea groups is 1. The SMILES string of the molecule is Cc1cccc(CNC(=O)NCCN2CCc3sccc3C2)c1. The van der Waals surface area contributed by atoms with Crippen LogP contribution in [-0.4, -0.2) is 30.6 Å². The van der Waals surface area contributed by atoms with Gasteiger partial charge in [-0.2, -0.15) is 0 Å². The van der Waals surface area contributed by atoms with E-state index in [9.17, 15) is 4.79 Å². The van der Waals surface area contributed by atoms with Crippen molar-refractivity contribution in [2.45, 2.75) is 26.4 Å². The molecule has 1 aliphatic rings. The number of hydrogen-bond acceptors (Lipinski definition) is 3. The topological polar surface area (TPSA) is 44.4 Å². The highest BCUT2D eigenvalue weighted by atomic mass is 32.1. The van der Waals surface area contributed by atoms with Gasteiger partial charge in [0.2, 0.25) is 0 Å². The highest BCUT2D eigenvalue weighted by Gasteiger charge is 2.16. The summed E-state index contributed by atoms with van der Waals surface area (Å²) in [7, 11) is 0. The number of amides is 2. The molecule has 0 saturated heterocycles. The molecule has 0 fully saturated rings. The fourth-order valence-electron chi connectivity index (χ4n) is 2.89. The minimum Gasteiger partial charge on any atom is -0.337 e. The molecule has 1 aromatic carbocycles. The zero-order valence-electron chi connectivity index (χ0n) is 13.5. The van der Waals surface area contributed by atoms with Gasteiger partial charge in [0.05, 0.1) is 0 Å². The van der Waals surface area contributed by atoms with Crippen LogP contribution in [0.15, 0.2) is 35.7 Å². The van der Waals surface area contributed by atoms with Crippen LogP contribution in [0.1, 0.15) is 21.6 Å². The maximum absolute atomic E-state index is 11.9. The number of carbonyl (C=O) groups excluding carboxylic acids is 1. The van der Waals surface area contributed by atoms with E-state index in [0.29, 0.717) is 13.1 Å². The molecule has 2 aromatic rings. The van der Waals surface area contributed by atoms with Crippen molar-refractivity contribution in [1.82, 2.24) is 15.5 Å². The van der Waals surface area contributed by atoms with E-state index >= 15 is 0 Å². The van der Waals surface area contributed by atoms with Crippen molar-refractivity contribution in [3.8, 4) is 0 Å². The Morgan fingerprint density at radius 1 is 1.30 bits per heavy atom. The van der Waals surface area contributed by atoms with E-state index in [1.54, 1.807) is 0 Å². The zero-order valence-corrected chi connectivity index (χ0v) is 14.3. The molecule has 2 amide bonds. The van der Waals surface area contributed by atoms with Gasteiger partial charge in [-0.05, 0) is 35.9 Å².